The van der Waals surface area contributed by atoms with Gasteiger partial charge in [-0.3, -0.25) is 0 Å². The summed E-state index contributed by atoms with van der Waals surface area (Å²) in [5, 5.41) is 9.46. The molecule has 1 aromatic rings. The minimum absolute atomic E-state index is 0.217. The van der Waals surface area contributed by atoms with E-state index >= 15 is 0 Å². The first kappa shape index (κ1) is 11.3. The number of anilines is 2. The molecule has 2 rings (SSSR count). The first-order chi connectivity index (χ1) is 7.83. The number of nitrogen functional groups attached to an aromatic ring is 1. The van der Waals surface area contributed by atoms with Crippen molar-refractivity contribution in [1.29, 1.82) is 0 Å². The SMILES string of the molecule is Nc1ccccc1N1CCCCCC1CO. The predicted molar refractivity (Wildman–Crippen MR) is 67.5 cm³/mol. The summed E-state index contributed by atoms with van der Waals surface area (Å²) in [6.07, 6.45) is 4.70. The van der Waals surface area contributed by atoms with Gasteiger partial charge < -0.3 is 15.7 Å². The molecule has 1 atom stereocenters. The van der Waals surface area contributed by atoms with Crippen LogP contribution in [0.3, 0.4) is 0 Å². The number of nitrogens with zero attached hydrogens (tertiary/aromatic N) is 1. The Bertz CT molecular complexity index is 340. The van der Waals surface area contributed by atoms with Crippen molar-refractivity contribution in [3.05, 3.63) is 24.3 Å². The number of benzene rings is 1. The van der Waals surface area contributed by atoms with Gasteiger partial charge >= 0.3 is 0 Å². The normalized spacial score (nSPS) is 21.8. The molecule has 1 aliphatic heterocycles. The Morgan fingerprint density at radius 2 is 2.06 bits per heavy atom. The highest BCUT2D eigenvalue weighted by Crippen LogP contribution is 2.28. The van der Waals surface area contributed by atoms with Crippen LogP contribution in [0.5, 0.6) is 0 Å². The van der Waals surface area contributed by atoms with Gasteiger partial charge in [-0.05, 0) is 25.0 Å². The van der Waals surface area contributed by atoms with Crippen molar-refractivity contribution in [3.8, 4) is 0 Å². The molecule has 3 N–H and O–H groups in total. The Kier molecular flexibility index (Phi) is 3.67. The Balaban J connectivity index is 2.25. The molecule has 0 aliphatic carbocycles. The zero-order chi connectivity index (χ0) is 11.4. The molecule has 3 nitrogen and oxygen atoms in total. The van der Waals surface area contributed by atoms with Gasteiger partial charge in [-0.25, -0.2) is 0 Å². The first-order valence-electron chi connectivity index (χ1n) is 6.05. The smallest absolute Gasteiger partial charge is 0.0635 e. The van der Waals surface area contributed by atoms with Gasteiger partial charge in [0, 0.05) is 6.54 Å². The maximum Gasteiger partial charge on any atom is 0.0635 e. The minimum Gasteiger partial charge on any atom is -0.397 e. The first-order valence-corrected chi connectivity index (χ1v) is 6.05. The third-order valence-electron chi connectivity index (χ3n) is 3.33. The van der Waals surface area contributed by atoms with Gasteiger partial charge in [0.25, 0.3) is 0 Å². The molecule has 0 saturated carbocycles. The fourth-order valence-corrected chi connectivity index (χ4v) is 2.43. The minimum atomic E-state index is 0.217. The van der Waals surface area contributed by atoms with E-state index < -0.39 is 0 Å². The van der Waals surface area contributed by atoms with E-state index in [0.717, 1.165) is 24.3 Å². The summed E-state index contributed by atoms with van der Waals surface area (Å²) in [7, 11) is 0. The molecule has 0 aromatic heterocycles. The van der Waals surface area contributed by atoms with E-state index in [2.05, 4.69) is 4.90 Å². The van der Waals surface area contributed by atoms with E-state index in [4.69, 9.17) is 5.73 Å². The van der Waals surface area contributed by atoms with Crippen LogP contribution in [-0.2, 0) is 0 Å². The Labute approximate surface area is 96.9 Å². The standard InChI is InChI=1S/C13H20N2O/c14-12-7-3-4-8-13(12)15-9-5-1-2-6-11(15)10-16/h3-4,7-8,11,16H,1-2,5-6,9-10,14H2. The highest BCUT2D eigenvalue weighted by Gasteiger charge is 2.21. The second kappa shape index (κ2) is 5.21. The van der Waals surface area contributed by atoms with Gasteiger partial charge in [0.05, 0.1) is 24.0 Å². The average Bonchev–Trinajstić information content (AvgIpc) is 2.54. The zero-order valence-electron chi connectivity index (χ0n) is 9.60. The van der Waals surface area contributed by atoms with E-state index in [1.54, 1.807) is 0 Å². The summed E-state index contributed by atoms with van der Waals surface area (Å²) >= 11 is 0. The van der Waals surface area contributed by atoms with Crippen molar-refractivity contribution in [1.82, 2.24) is 0 Å². The van der Waals surface area contributed by atoms with Gasteiger partial charge in [-0.1, -0.05) is 25.0 Å². The predicted octanol–water partition coefficient (Wildman–Crippen LogP) is 2.01. The third-order valence-corrected chi connectivity index (χ3v) is 3.33. The third kappa shape index (κ3) is 2.30. The molecule has 1 aliphatic rings. The van der Waals surface area contributed by atoms with Crippen LogP contribution >= 0.6 is 0 Å². The topological polar surface area (TPSA) is 49.5 Å². The van der Waals surface area contributed by atoms with Crippen LogP contribution in [0, 0.1) is 0 Å². The second-order valence-electron chi connectivity index (χ2n) is 4.44. The highest BCUT2D eigenvalue weighted by atomic mass is 16.3. The number of rotatable bonds is 2. The van der Waals surface area contributed by atoms with Crippen LogP contribution in [-0.4, -0.2) is 24.3 Å². The van der Waals surface area contributed by atoms with Gasteiger partial charge in [0.2, 0.25) is 0 Å². The molecule has 1 unspecified atom stereocenters. The quantitative estimate of drug-likeness (QED) is 0.750. The van der Waals surface area contributed by atoms with E-state index in [-0.39, 0.29) is 12.6 Å². The van der Waals surface area contributed by atoms with Crippen LogP contribution in [0.1, 0.15) is 25.7 Å². The summed E-state index contributed by atoms with van der Waals surface area (Å²) in [4.78, 5) is 2.27. The zero-order valence-corrected chi connectivity index (χ0v) is 9.60. The molecular formula is C13H20N2O. The maximum absolute atomic E-state index is 9.46. The molecule has 1 fully saturated rings. The van der Waals surface area contributed by atoms with Crippen LogP contribution in [0.25, 0.3) is 0 Å². The Morgan fingerprint density at radius 1 is 1.25 bits per heavy atom. The molecule has 0 amide bonds. The molecule has 88 valence electrons. The molecule has 1 heterocycles. The lowest BCUT2D eigenvalue weighted by atomic mass is 10.1. The van der Waals surface area contributed by atoms with Crippen LogP contribution in [0.2, 0.25) is 0 Å². The van der Waals surface area contributed by atoms with Gasteiger partial charge in [-0.15, -0.1) is 0 Å². The summed E-state index contributed by atoms with van der Waals surface area (Å²) in [6, 6.07) is 8.15. The average molecular weight is 220 g/mol. The largest absolute Gasteiger partial charge is 0.397 e. The number of para-hydroxylation sites is 2. The second-order valence-corrected chi connectivity index (χ2v) is 4.44. The van der Waals surface area contributed by atoms with Crippen LogP contribution < -0.4 is 10.6 Å². The fraction of sp³-hybridized carbons (Fsp3) is 0.538. The van der Waals surface area contributed by atoms with Gasteiger partial charge in [0.1, 0.15) is 0 Å². The van der Waals surface area contributed by atoms with Crippen LogP contribution in [0.15, 0.2) is 24.3 Å². The highest BCUT2D eigenvalue weighted by molar-refractivity contribution is 5.67. The summed E-state index contributed by atoms with van der Waals surface area (Å²) in [5.74, 6) is 0. The van der Waals surface area contributed by atoms with Crippen molar-refractivity contribution < 1.29 is 5.11 Å². The van der Waals surface area contributed by atoms with Gasteiger partial charge in [-0.2, -0.15) is 0 Å². The molecule has 0 bridgehead atoms. The molecule has 0 spiro atoms. The van der Waals surface area contributed by atoms with E-state index in [1.807, 2.05) is 24.3 Å². The van der Waals surface area contributed by atoms with Crippen molar-refractivity contribution in [2.75, 3.05) is 23.8 Å². The van der Waals surface area contributed by atoms with Crippen molar-refractivity contribution >= 4 is 11.4 Å². The lowest BCUT2D eigenvalue weighted by Crippen LogP contribution is -2.37. The van der Waals surface area contributed by atoms with Crippen molar-refractivity contribution in [3.63, 3.8) is 0 Å². The van der Waals surface area contributed by atoms with E-state index in [0.29, 0.717) is 0 Å². The summed E-state index contributed by atoms with van der Waals surface area (Å²) in [6.45, 7) is 1.22. The number of aliphatic hydroxyl groups is 1. The Morgan fingerprint density at radius 3 is 2.81 bits per heavy atom. The van der Waals surface area contributed by atoms with Crippen molar-refractivity contribution in [2.24, 2.45) is 0 Å². The number of nitrogens with two attached hydrogens (primary N) is 1. The number of hydrogen-bond donors (Lipinski definition) is 2. The van der Waals surface area contributed by atoms with Crippen LogP contribution in [0.4, 0.5) is 11.4 Å². The summed E-state index contributed by atoms with van der Waals surface area (Å²) < 4.78 is 0. The molecule has 1 saturated heterocycles. The molecule has 16 heavy (non-hydrogen) atoms. The maximum atomic E-state index is 9.46. The Hall–Kier alpha value is -1.22. The van der Waals surface area contributed by atoms with E-state index in [9.17, 15) is 5.11 Å². The molecule has 3 heteroatoms. The monoisotopic (exact) mass is 220 g/mol. The lowest BCUT2D eigenvalue weighted by molar-refractivity contribution is 0.255. The lowest BCUT2D eigenvalue weighted by Gasteiger charge is -2.31. The number of aliphatic hydroxyl groups excluding tert-OH is 1. The molecule has 0 radical (unpaired) electrons. The van der Waals surface area contributed by atoms with E-state index in [1.165, 1.54) is 19.3 Å². The summed E-state index contributed by atoms with van der Waals surface area (Å²) in [5.41, 5.74) is 7.88. The molecule has 1 aromatic carbocycles. The fourth-order valence-electron chi connectivity index (χ4n) is 2.43. The van der Waals surface area contributed by atoms with Crippen molar-refractivity contribution in [2.45, 2.75) is 31.7 Å². The number of hydrogen-bond acceptors (Lipinski definition) is 3. The van der Waals surface area contributed by atoms with Gasteiger partial charge in [0.15, 0.2) is 0 Å². The molecular weight excluding hydrogens is 200 g/mol.